The number of piperazine rings is 1. The average molecular weight is 575 g/mol. The van der Waals surface area contributed by atoms with E-state index in [9.17, 15) is 4.79 Å². The Balaban J connectivity index is 1.19. The molecule has 2 aliphatic rings. The van der Waals surface area contributed by atoms with Gasteiger partial charge in [0.1, 0.15) is 13.7 Å². The molecule has 43 heavy (non-hydrogen) atoms. The third kappa shape index (κ3) is 5.96. The second-order valence-electron chi connectivity index (χ2n) is 11.3. The number of rotatable bonds is 8. The van der Waals surface area contributed by atoms with Crippen LogP contribution in [0.1, 0.15) is 62.4 Å². The van der Waals surface area contributed by atoms with Gasteiger partial charge in [-0.3, -0.25) is 9.78 Å². The molecule has 2 saturated heterocycles. The number of aromatic nitrogens is 4. The van der Waals surface area contributed by atoms with Gasteiger partial charge in [-0.15, -0.1) is 0 Å². The first-order valence-corrected chi connectivity index (χ1v) is 15.4. The zero-order valence-corrected chi connectivity index (χ0v) is 25.2. The Morgan fingerprint density at radius 2 is 1.84 bits per heavy atom. The number of carbonyl (C=O) groups is 1. The molecule has 1 unspecified atom stereocenters. The van der Waals surface area contributed by atoms with Gasteiger partial charge in [-0.05, 0) is 61.6 Å². The summed E-state index contributed by atoms with van der Waals surface area (Å²) in [6, 6.07) is 12.7. The molecule has 10 heteroatoms. The number of hydrogen-bond donors (Lipinski definition) is 1. The summed E-state index contributed by atoms with van der Waals surface area (Å²) in [5, 5.41) is 8.01. The molecular formula is C33H39BN8O. The molecule has 3 aromatic heterocycles. The minimum Gasteiger partial charge on any atom is -0.368 e. The molecule has 6 rings (SSSR count). The van der Waals surface area contributed by atoms with Gasteiger partial charge < -0.3 is 20.0 Å². The van der Waals surface area contributed by atoms with Crippen molar-refractivity contribution in [2.75, 3.05) is 47.8 Å². The van der Waals surface area contributed by atoms with Crippen LogP contribution in [0.25, 0.3) is 11.3 Å². The maximum atomic E-state index is 12.0. The van der Waals surface area contributed by atoms with Gasteiger partial charge >= 0.3 is 0 Å². The van der Waals surface area contributed by atoms with Crippen LogP contribution in [0.5, 0.6) is 0 Å². The van der Waals surface area contributed by atoms with Crippen LogP contribution in [-0.2, 0) is 11.2 Å². The second kappa shape index (κ2) is 12.5. The lowest BCUT2D eigenvalue weighted by Crippen LogP contribution is -2.48. The van der Waals surface area contributed by atoms with Gasteiger partial charge in [0.2, 0.25) is 5.91 Å². The van der Waals surface area contributed by atoms with Crippen LogP contribution in [0.4, 0.5) is 17.2 Å². The molecule has 2 aliphatic heterocycles. The summed E-state index contributed by atoms with van der Waals surface area (Å²) >= 11 is 0. The number of hydrogen-bond acceptors (Lipinski definition) is 7. The molecule has 1 N–H and O–H groups in total. The van der Waals surface area contributed by atoms with Crippen LogP contribution in [0, 0.1) is 0 Å². The fourth-order valence-electron chi connectivity index (χ4n) is 6.31. The van der Waals surface area contributed by atoms with Crippen LogP contribution < -0.4 is 20.6 Å². The zero-order chi connectivity index (χ0) is 29.9. The molecule has 220 valence electrons. The number of pyridine rings is 1. The summed E-state index contributed by atoms with van der Waals surface area (Å²) in [6.07, 6.45) is 10.3. The van der Waals surface area contributed by atoms with Crippen molar-refractivity contribution in [1.29, 1.82) is 0 Å². The Labute approximate surface area is 255 Å². The van der Waals surface area contributed by atoms with Crippen molar-refractivity contribution in [3.63, 3.8) is 0 Å². The van der Waals surface area contributed by atoms with Gasteiger partial charge in [0.15, 0.2) is 5.65 Å². The van der Waals surface area contributed by atoms with Gasteiger partial charge in [0.25, 0.3) is 0 Å². The number of nitrogens with zero attached hydrogens (tertiary/aromatic N) is 7. The first-order chi connectivity index (χ1) is 20.9. The third-order valence-corrected chi connectivity index (χ3v) is 8.66. The van der Waals surface area contributed by atoms with Crippen molar-refractivity contribution in [3.05, 3.63) is 78.4 Å². The van der Waals surface area contributed by atoms with Gasteiger partial charge in [0.05, 0.1) is 17.8 Å². The molecule has 5 heterocycles. The van der Waals surface area contributed by atoms with E-state index in [1.807, 2.05) is 30.3 Å². The molecule has 2 radical (unpaired) electrons. The number of aryl methyl sites for hydroxylation is 1. The molecule has 4 aromatic rings. The molecule has 9 nitrogen and oxygen atoms in total. The summed E-state index contributed by atoms with van der Waals surface area (Å²) < 4.78 is 1.80. The monoisotopic (exact) mass is 574 g/mol. The van der Waals surface area contributed by atoms with Crippen molar-refractivity contribution in [3.8, 4) is 0 Å². The van der Waals surface area contributed by atoms with Gasteiger partial charge in [-0.2, -0.15) is 5.10 Å². The number of fused-ring (bicyclic) bond motifs is 1. The summed E-state index contributed by atoms with van der Waals surface area (Å²) in [5.74, 6) is 1.15. The number of piperidine rings is 1. The second-order valence-corrected chi connectivity index (χ2v) is 11.3. The number of amides is 1. The fourth-order valence-corrected chi connectivity index (χ4v) is 6.31. The third-order valence-electron chi connectivity index (χ3n) is 8.66. The van der Waals surface area contributed by atoms with E-state index in [1.165, 1.54) is 5.56 Å². The molecule has 1 amide bonds. The predicted molar refractivity (Wildman–Crippen MR) is 174 cm³/mol. The van der Waals surface area contributed by atoms with Crippen LogP contribution >= 0.6 is 0 Å². The summed E-state index contributed by atoms with van der Waals surface area (Å²) in [4.78, 5) is 28.4. The summed E-state index contributed by atoms with van der Waals surface area (Å²) in [5.41, 5.74) is 7.44. The lowest BCUT2D eigenvalue weighted by molar-refractivity contribution is -0.131. The SMILES string of the molecule is [B]c1cnc(CC)c(C2CCCCN2c2ccn3ncc(C(=C)Nc4ccc(N5CCN(C(=O)CC)CC5)cc4)c3n2)c1. The lowest BCUT2D eigenvalue weighted by Gasteiger charge is -2.37. The Bertz CT molecular complexity index is 1610. The van der Waals surface area contributed by atoms with Crippen LogP contribution in [0.2, 0.25) is 0 Å². The van der Waals surface area contributed by atoms with Crippen molar-refractivity contribution >= 4 is 47.8 Å². The molecule has 1 aromatic carbocycles. The maximum absolute atomic E-state index is 12.0. The molecule has 2 fully saturated rings. The van der Waals surface area contributed by atoms with Crippen LogP contribution in [0.3, 0.4) is 0 Å². The highest BCUT2D eigenvalue weighted by atomic mass is 16.2. The first-order valence-electron chi connectivity index (χ1n) is 15.4. The normalized spacial score (nSPS) is 17.3. The zero-order valence-electron chi connectivity index (χ0n) is 25.2. The Hall–Kier alpha value is -4.34. The number of benzene rings is 1. The van der Waals surface area contributed by atoms with Crippen LogP contribution in [0.15, 0.2) is 61.6 Å². The van der Waals surface area contributed by atoms with Gasteiger partial charge in [-0.25, -0.2) is 9.50 Å². The van der Waals surface area contributed by atoms with E-state index in [0.29, 0.717) is 11.9 Å². The minimum absolute atomic E-state index is 0.177. The number of anilines is 3. The highest BCUT2D eigenvalue weighted by molar-refractivity contribution is 6.32. The van der Waals surface area contributed by atoms with E-state index in [2.05, 4.69) is 69.0 Å². The van der Waals surface area contributed by atoms with Gasteiger partial charge in [0, 0.05) is 74.3 Å². The van der Waals surface area contributed by atoms with E-state index < -0.39 is 0 Å². The highest BCUT2D eigenvalue weighted by Gasteiger charge is 2.28. The molecule has 0 bridgehead atoms. The van der Waals surface area contributed by atoms with E-state index in [1.54, 1.807) is 10.7 Å². The van der Waals surface area contributed by atoms with E-state index in [-0.39, 0.29) is 11.9 Å². The Morgan fingerprint density at radius 1 is 1.05 bits per heavy atom. The van der Waals surface area contributed by atoms with E-state index in [0.717, 1.165) is 98.2 Å². The molecular weight excluding hydrogens is 535 g/mol. The summed E-state index contributed by atoms with van der Waals surface area (Å²) in [7, 11) is 6.18. The average Bonchev–Trinajstić information content (AvgIpc) is 3.48. The van der Waals surface area contributed by atoms with Crippen LogP contribution in [-0.4, -0.2) is 71.0 Å². The maximum Gasteiger partial charge on any atom is 0.222 e. The van der Waals surface area contributed by atoms with E-state index >= 15 is 0 Å². The number of carbonyl (C=O) groups excluding carboxylic acids is 1. The van der Waals surface area contributed by atoms with Crippen molar-refractivity contribution in [2.24, 2.45) is 0 Å². The number of nitrogens with one attached hydrogen (secondary N) is 1. The Kier molecular flexibility index (Phi) is 8.36. The molecule has 1 atom stereocenters. The van der Waals surface area contributed by atoms with Crippen molar-refractivity contribution < 1.29 is 4.79 Å². The first kappa shape index (κ1) is 28.8. The molecule has 0 aliphatic carbocycles. The predicted octanol–water partition coefficient (Wildman–Crippen LogP) is 4.35. The highest BCUT2D eigenvalue weighted by Crippen LogP contribution is 2.36. The van der Waals surface area contributed by atoms with Gasteiger partial charge in [-0.1, -0.05) is 32.0 Å². The van der Waals surface area contributed by atoms with E-state index in [4.69, 9.17) is 12.8 Å². The topological polar surface area (TPSA) is 81.9 Å². The van der Waals surface area contributed by atoms with Crippen molar-refractivity contribution in [1.82, 2.24) is 24.5 Å². The molecule has 0 spiro atoms. The molecule has 0 saturated carbocycles. The minimum atomic E-state index is 0.177. The van der Waals surface area contributed by atoms with Crippen molar-refractivity contribution in [2.45, 2.75) is 52.0 Å². The fraction of sp³-hybridized carbons (Fsp3) is 0.394. The Morgan fingerprint density at radius 3 is 2.58 bits per heavy atom. The quantitative estimate of drug-likeness (QED) is 0.314. The largest absolute Gasteiger partial charge is 0.368 e. The standard InChI is InChI=1S/C33H39BN8O/c1-4-29-27(20-24(34)21-35-29)30-8-6-7-14-41(30)31-13-15-42-33(38-31)28(22-36-42)23(3)37-25-9-11-26(12-10-25)39-16-18-40(19-17-39)32(43)5-2/h9-13,15,20-22,30,37H,3-8,14,16-19H2,1-2H3. The lowest BCUT2D eigenvalue weighted by atomic mass is 9.88. The smallest absolute Gasteiger partial charge is 0.222 e. The summed E-state index contributed by atoms with van der Waals surface area (Å²) in [6.45, 7) is 12.5.